The molecule has 5 fully saturated rings. The molecule has 2 saturated heterocycles. The Morgan fingerprint density at radius 2 is 1.82 bits per heavy atom. The van der Waals surface area contributed by atoms with Crippen LogP contribution in [0.25, 0.3) is 0 Å². The highest BCUT2D eigenvalue weighted by atomic mass is 19.1. The molecule has 56 heavy (non-hydrogen) atoms. The molecule has 0 unspecified atom stereocenters. The second-order valence-corrected chi connectivity index (χ2v) is 17.1. The van der Waals surface area contributed by atoms with E-state index >= 15 is 4.39 Å². The zero-order valence-corrected chi connectivity index (χ0v) is 32.0. The molecule has 3 saturated carbocycles. The molecule has 6 aliphatic rings. The molecule has 0 spiro atoms. The minimum Gasteiger partial charge on any atom is -0.486 e. The Hall–Kier alpha value is -3.37. The summed E-state index contributed by atoms with van der Waals surface area (Å²) in [6, 6.07) is 10.9. The van der Waals surface area contributed by atoms with Crippen molar-refractivity contribution in [1.82, 2.24) is 0 Å². The van der Waals surface area contributed by atoms with Crippen molar-refractivity contribution in [3.63, 3.8) is 0 Å². The molecule has 302 valence electrons. The van der Waals surface area contributed by atoms with Crippen molar-refractivity contribution >= 4 is 11.6 Å². The molecule has 2 aromatic rings. The van der Waals surface area contributed by atoms with E-state index < -0.39 is 90.4 Å². The second-order valence-electron chi connectivity index (χ2n) is 17.1. The standard InChI is InChI=1S/C43H51FO12/c1-21-6-5-7-23(14-21)19-52-29-11-8-22(2)33(35(29)44)39-55-32-16-27-26-10-9-24-15-25(46)12-13-41(24,3)34(26)28(47)17-42(27,4)43(32,56-39)31(48)20-53-40-38(51)37(50)36(49)30(18-45)54-40/h5-8,11-15,26-28,30,32,34,36-40,45,47,49-51H,9-10,16-20H2,1-4H3/t26-,27-,28-,30+,32+,34+,36-,37-,38+,39-,40+,41-,42-,43+/m0/s1. The number of fused-ring (bicyclic) bond motifs is 7. The molecular formula is C43H51FO12. The van der Waals surface area contributed by atoms with Crippen LogP contribution in [0.2, 0.25) is 0 Å². The topological polar surface area (TPSA) is 181 Å². The highest BCUT2D eigenvalue weighted by molar-refractivity contribution is 6.01. The molecule has 2 heterocycles. The number of allylic oxidation sites excluding steroid dienone is 4. The van der Waals surface area contributed by atoms with Gasteiger partial charge in [-0.3, -0.25) is 9.59 Å². The zero-order chi connectivity index (χ0) is 39.9. The van der Waals surface area contributed by atoms with Gasteiger partial charge in [0.05, 0.1) is 24.4 Å². The van der Waals surface area contributed by atoms with Crippen LogP contribution in [0.5, 0.6) is 5.75 Å². The quantitative estimate of drug-likeness (QED) is 0.251. The predicted molar refractivity (Wildman–Crippen MR) is 196 cm³/mol. The van der Waals surface area contributed by atoms with Crippen molar-refractivity contribution in [2.75, 3.05) is 13.2 Å². The van der Waals surface area contributed by atoms with Crippen LogP contribution in [-0.2, 0) is 35.1 Å². The first kappa shape index (κ1) is 39.5. The minimum absolute atomic E-state index is 0.0129. The number of rotatable bonds is 9. The highest BCUT2D eigenvalue weighted by Gasteiger charge is 2.76. The first-order chi connectivity index (χ1) is 26.6. The summed E-state index contributed by atoms with van der Waals surface area (Å²) in [4.78, 5) is 27.3. The highest BCUT2D eigenvalue weighted by Crippen LogP contribution is 2.70. The molecule has 12 nitrogen and oxygen atoms in total. The van der Waals surface area contributed by atoms with Gasteiger partial charge in [0.25, 0.3) is 0 Å². The molecule has 8 rings (SSSR count). The van der Waals surface area contributed by atoms with E-state index in [0.29, 0.717) is 24.8 Å². The van der Waals surface area contributed by atoms with Crippen LogP contribution in [0, 0.1) is 48.2 Å². The van der Waals surface area contributed by atoms with E-state index in [1.54, 1.807) is 31.2 Å². The second kappa shape index (κ2) is 14.5. The largest absolute Gasteiger partial charge is 0.486 e. The number of hydrogen-bond acceptors (Lipinski definition) is 12. The first-order valence-corrected chi connectivity index (χ1v) is 19.5. The third-order valence-electron chi connectivity index (χ3n) is 14.0. The average Bonchev–Trinajstić information content (AvgIpc) is 3.65. The monoisotopic (exact) mass is 778 g/mol. The molecule has 2 aliphatic heterocycles. The Bertz CT molecular complexity index is 1950. The number of Topliss-reactive ketones (excluding diaryl/α,β-unsaturated/α-hetero) is 1. The SMILES string of the molecule is Cc1cccc(COc2ccc(C)c([C@H]3O[C@@H]4C[C@H]5[C@@H]6CCC7=CC(=O)C=C[C@]7(C)[C@H]6[C@@H](O)C[C@]5(C)[C@]4(C(=O)CO[C@@H]4O[C@H](CO)[C@H](O)[C@H](O)[C@H]4O)O3)c2F)c1. The van der Waals surface area contributed by atoms with Gasteiger partial charge in [0.2, 0.25) is 0 Å². The number of halogens is 1. The summed E-state index contributed by atoms with van der Waals surface area (Å²) in [5, 5.41) is 53.3. The normalized spacial score (nSPS) is 41.4. The van der Waals surface area contributed by atoms with E-state index in [1.807, 2.05) is 44.2 Å². The Morgan fingerprint density at radius 3 is 2.57 bits per heavy atom. The maximum Gasteiger partial charge on any atom is 0.193 e. The molecule has 5 N–H and O–H groups in total. The summed E-state index contributed by atoms with van der Waals surface area (Å²) in [6.45, 7) is 6.38. The summed E-state index contributed by atoms with van der Waals surface area (Å²) >= 11 is 0. The molecule has 0 radical (unpaired) electrons. The van der Waals surface area contributed by atoms with Crippen LogP contribution in [-0.4, -0.2) is 98.8 Å². The Morgan fingerprint density at radius 1 is 1.04 bits per heavy atom. The van der Waals surface area contributed by atoms with Crippen molar-refractivity contribution in [3.05, 3.63) is 88.3 Å². The molecule has 0 bridgehead atoms. The van der Waals surface area contributed by atoms with E-state index in [2.05, 4.69) is 6.92 Å². The fourth-order valence-corrected chi connectivity index (χ4v) is 11.2. The molecular weight excluding hydrogens is 727 g/mol. The van der Waals surface area contributed by atoms with E-state index in [4.69, 9.17) is 23.7 Å². The van der Waals surface area contributed by atoms with Crippen LogP contribution >= 0.6 is 0 Å². The third-order valence-corrected chi connectivity index (χ3v) is 14.0. The lowest BCUT2D eigenvalue weighted by Crippen LogP contribution is -2.64. The van der Waals surface area contributed by atoms with Gasteiger partial charge in [0.1, 0.15) is 37.6 Å². The van der Waals surface area contributed by atoms with Crippen molar-refractivity contribution in [2.45, 2.75) is 115 Å². The van der Waals surface area contributed by atoms with Crippen LogP contribution < -0.4 is 4.74 Å². The number of benzene rings is 2. The summed E-state index contributed by atoms with van der Waals surface area (Å²) in [6.07, 6.45) is -4.14. The van der Waals surface area contributed by atoms with Crippen LogP contribution in [0.4, 0.5) is 4.39 Å². The summed E-state index contributed by atoms with van der Waals surface area (Å²) in [7, 11) is 0. The molecule has 0 amide bonds. The van der Waals surface area contributed by atoms with Crippen molar-refractivity contribution in [1.29, 1.82) is 0 Å². The number of aliphatic hydroxyl groups excluding tert-OH is 5. The number of aliphatic hydroxyl groups is 5. The molecule has 13 heteroatoms. The maximum absolute atomic E-state index is 16.6. The third kappa shape index (κ3) is 6.05. The number of ketones is 2. The van der Waals surface area contributed by atoms with Crippen molar-refractivity contribution in [2.24, 2.45) is 28.6 Å². The Kier molecular flexibility index (Phi) is 10.2. The molecule has 0 aromatic heterocycles. The Labute approximate surface area is 324 Å². The van der Waals surface area contributed by atoms with Crippen LogP contribution in [0.15, 0.2) is 60.2 Å². The van der Waals surface area contributed by atoms with Gasteiger partial charge in [-0.05, 0) is 80.7 Å². The van der Waals surface area contributed by atoms with Gasteiger partial charge in [-0.1, -0.05) is 61.4 Å². The predicted octanol–water partition coefficient (Wildman–Crippen LogP) is 3.45. The van der Waals surface area contributed by atoms with E-state index in [-0.39, 0.29) is 47.9 Å². The van der Waals surface area contributed by atoms with Gasteiger partial charge in [-0.25, -0.2) is 4.39 Å². The number of ether oxygens (including phenoxy) is 5. The fourth-order valence-electron chi connectivity index (χ4n) is 11.2. The van der Waals surface area contributed by atoms with Gasteiger partial charge in [0.15, 0.2) is 41.3 Å². The maximum atomic E-state index is 16.6. The molecule has 2 aromatic carbocycles. The lowest BCUT2D eigenvalue weighted by atomic mass is 9.46. The summed E-state index contributed by atoms with van der Waals surface area (Å²) in [5.41, 5.74) is 0.0787. The number of hydrogen-bond donors (Lipinski definition) is 5. The molecule has 14 atom stereocenters. The number of aryl methyl sites for hydroxylation is 2. The van der Waals surface area contributed by atoms with E-state index in [1.165, 1.54) is 0 Å². The smallest absolute Gasteiger partial charge is 0.193 e. The number of carbonyl (C=O) groups excluding carboxylic acids is 2. The van der Waals surface area contributed by atoms with Gasteiger partial charge in [0, 0.05) is 16.7 Å². The molecule has 4 aliphatic carbocycles. The lowest BCUT2D eigenvalue weighted by Gasteiger charge is -2.59. The Balaban J connectivity index is 1.13. The average molecular weight is 779 g/mol. The zero-order valence-electron chi connectivity index (χ0n) is 32.0. The summed E-state index contributed by atoms with van der Waals surface area (Å²) < 4.78 is 47.4. The van der Waals surface area contributed by atoms with Crippen LogP contribution in [0.1, 0.15) is 68.1 Å². The van der Waals surface area contributed by atoms with Gasteiger partial charge >= 0.3 is 0 Å². The van der Waals surface area contributed by atoms with Crippen molar-refractivity contribution < 1.29 is 63.2 Å². The van der Waals surface area contributed by atoms with Gasteiger partial charge in [-0.15, -0.1) is 0 Å². The van der Waals surface area contributed by atoms with E-state index in [9.17, 15) is 35.1 Å². The minimum atomic E-state index is -1.77. The first-order valence-electron chi connectivity index (χ1n) is 19.5. The van der Waals surface area contributed by atoms with Gasteiger partial charge < -0.3 is 49.2 Å². The van der Waals surface area contributed by atoms with Crippen LogP contribution in [0.3, 0.4) is 0 Å². The van der Waals surface area contributed by atoms with Gasteiger partial charge in [-0.2, -0.15) is 0 Å². The number of carbonyl (C=O) groups is 2. The fraction of sp³-hybridized carbons (Fsp3) is 0.581. The van der Waals surface area contributed by atoms with E-state index in [0.717, 1.165) is 16.7 Å². The van der Waals surface area contributed by atoms with Crippen molar-refractivity contribution in [3.8, 4) is 5.75 Å². The summed E-state index contributed by atoms with van der Waals surface area (Å²) in [5.74, 6) is -1.91. The lowest BCUT2D eigenvalue weighted by molar-refractivity contribution is -0.300.